The van der Waals surface area contributed by atoms with Gasteiger partial charge in [-0.25, -0.2) is 4.79 Å². The Balaban J connectivity index is 1.95. The van der Waals surface area contributed by atoms with Gasteiger partial charge >= 0.3 is 6.03 Å². The lowest BCUT2D eigenvalue weighted by Gasteiger charge is -2.34. The third kappa shape index (κ3) is 3.66. The summed E-state index contributed by atoms with van der Waals surface area (Å²) in [6, 6.07) is 8.29. The minimum atomic E-state index is 0.0797. The average Bonchev–Trinajstić information content (AvgIpc) is 2.49. The molecule has 0 aliphatic carbocycles. The molecule has 21 heavy (non-hydrogen) atoms. The van der Waals surface area contributed by atoms with Gasteiger partial charge in [0.15, 0.2) is 0 Å². The Kier molecular flexibility index (Phi) is 4.69. The lowest BCUT2D eigenvalue weighted by Crippen LogP contribution is -2.46. The molecular weight excluding hydrogens is 264 g/mol. The van der Waals surface area contributed by atoms with Gasteiger partial charge in [0.25, 0.3) is 0 Å². The molecule has 0 atom stereocenters. The molecular formula is C16H22N4O. The van der Waals surface area contributed by atoms with E-state index in [2.05, 4.69) is 11.4 Å². The average molecular weight is 286 g/mol. The van der Waals surface area contributed by atoms with Crippen LogP contribution in [0.4, 0.5) is 10.5 Å². The Morgan fingerprint density at radius 2 is 2.05 bits per heavy atom. The van der Waals surface area contributed by atoms with Crippen LogP contribution in [-0.4, -0.2) is 49.1 Å². The number of amides is 2. The summed E-state index contributed by atoms with van der Waals surface area (Å²) in [6.45, 7) is 3.57. The Hall–Kier alpha value is -2.22. The first-order chi connectivity index (χ1) is 10.0. The number of nitrogens with one attached hydrogen (secondary N) is 1. The number of carbonyl (C=O) groups excluding carboxylic acids is 1. The van der Waals surface area contributed by atoms with E-state index in [1.807, 2.05) is 30.0 Å². The van der Waals surface area contributed by atoms with Gasteiger partial charge in [0.05, 0.1) is 11.6 Å². The first-order valence-corrected chi connectivity index (χ1v) is 7.25. The van der Waals surface area contributed by atoms with Crippen LogP contribution in [0, 0.1) is 18.3 Å². The van der Waals surface area contributed by atoms with E-state index in [1.165, 1.54) is 0 Å². The summed E-state index contributed by atoms with van der Waals surface area (Å²) in [5.41, 5.74) is 2.83. The van der Waals surface area contributed by atoms with Gasteiger partial charge in [-0.1, -0.05) is 6.07 Å². The quantitative estimate of drug-likeness (QED) is 0.908. The lowest BCUT2D eigenvalue weighted by atomic mass is 10.0. The van der Waals surface area contributed by atoms with Gasteiger partial charge < -0.3 is 15.1 Å². The molecule has 0 saturated carbocycles. The normalized spacial score (nSPS) is 15.4. The van der Waals surface area contributed by atoms with Crippen molar-refractivity contribution in [1.29, 1.82) is 5.26 Å². The van der Waals surface area contributed by atoms with E-state index in [1.54, 1.807) is 19.0 Å². The fourth-order valence-electron chi connectivity index (χ4n) is 2.56. The van der Waals surface area contributed by atoms with E-state index >= 15 is 0 Å². The number of benzene rings is 1. The predicted octanol–water partition coefficient (Wildman–Crippen LogP) is 2.42. The number of piperidine rings is 1. The van der Waals surface area contributed by atoms with Gasteiger partial charge in [-0.2, -0.15) is 5.26 Å². The minimum Gasteiger partial charge on any atom is -0.382 e. The maximum absolute atomic E-state index is 11.9. The summed E-state index contributed by atoms with van der Waals surface area (Å²) >= 11 is 0. The lowest BCUT2D eigenvalue weighted by molar-refractivity contribution is 0.158. The number of anilines is 1. The van der Waals surface area contributed by atoms with Crippen molar-refractivity contribution in [2.24, 2.45) is 0 Å². The number of rotatable bonds is 2. The Labute approximate surface area is 126 Å². The molecule has 112 valence electrons. The number of urea groups is 1. The van der Waals surface area contributed by atoms with E-state index in [9.17, 15) is 4.79 Å². The molecule has 2 rings (SSSR count). The summed E-state index contributed by atoms with van der Waals surface area (Å²) < 4.78 is 0. The van der Waals surface area contributed by atoms with Crippen LogP contribution in [0.25, 0.3) is 0 Å². The standard InChI is InChI=1S/C16H22N4O/c1-12-4-5-13(11-17)10-15(12)18-14-6-8-20(9-7-14)16(21)19(2)3/h4-5,10,14,18H,6-9H2,1-3H3. The highest BCUT2D eigenvalue weighted by molar-refractivity contribution is 5.73. The number of nitriles is 1. The fourth-order valence-corrected chi connectivity index (χ4v) is 2.56. The number of hydrogen-bond acceptors (Lipinski definition) is 3. The summed E-state index contributed by atoms with van der Waals surface area (Å²) in [5.74, 6) is 0. The smallest absolute Gasteiger partial charge is 0.319 e. The summed E-state index contributed by atoms with van der Waals surface area (Å²) in [6.07, 6.45) is 1.85. The van der Waals surface area contributed by atoms with E-state index < -0.39 is 0 Å². The molecule has 1 saturated heterocycles. The van der Waals surface area contributed by atoms with Crippen molar-refractivity contribution in [3.8, 4) is 6.07 Å². The molecule has 1 aromatic rings. The van der Waals surface area contributed by atoms with Gasteiger partial charge in [-0.15, -0.1) is 0 Å². The maximum atomic E-state index is 11.9. The van der Waals surface area contributed by atoms with Crippen LogP contribution >= 0.6 is 0 Å². The zero-order valence-electron chi connectivity index (χ0n) is 12.9. The van der Waals surface area contributed by atoms with Gasteiger partial charge in [0.2, 0.25) is 0 Å². The molecule has 1 aromatic carbocycles. The number of likely N-dealkylation sites (tertiary alicyclic amines) is 1. The Bertz CT molecular complexity index is 554. The molecule has 1 N–H and O–H groups in total. The third-order valence-electron chi connectivity index (χ3n) is 3.87. The maximum Gasteiger partial charge on any atom is 0.319 e. The second-order valence-corrected chi connectivity index (χ2v) is 5.72. The van der Waals surface area contributed by atoms with Crippen LogP contribution in [0.1, 0.15) is 24.0 Å². The molecule has 1 fully saturated rings. The monoisotopic (exact) mass is 286 g/mol. The number of carbonyl (C=O) groups is 1. The van der Waals surface area contributed by atoms with Crippen LogP contribution in [0.3, 0.4) is 0 Å². The van der Waals surface area contributed by atoms with Crippen LogP contribution in [-0.2, 0) is 0 Å². The molecule has 1 aliphatic heterocycles. The van der Waals surface area contributed by atoms with Crippen molar-refractivity contribution in [3.63, 3.8) is 0 Å². The second-order valence-electron chi connectivity index (χ2n) is 5.72. The first kappa shape index (κ1) is 15.2. The highest BCUT2D eigenvalue weighted by atomic mass is 16.2. The first-order valence-electron chi connectivity index (χ1n) is 7.25. The molecule has 0 spiro atoms. The molecule has 0 bridgehead atoms. The largest absolute Gasteiger partial charge is 0.382 e. The molecule has 1 heterocycles. The van der Waals surface area contributed by atoms with Crippen LogP contribution in [0.15, 0.2) is 18.2 Å². The summed E-state index contributed by atoms with van der Waals surface area (Å²) in [4.78, 5) is 15.4. The minimum absolute atomic E-state index is 0.0797. The van der Waals surface area contributed by atoms with Gasteiger partial charge in [0, 0.05) is 38.9 Å². The van der Waals surface area contributed by atoms with Crippen molar-refractivity contribution in [2.45, 2.75) is 25.8 Å². The number of hydrogen-bond donors (Lipinski definition) is 1. The van der Waals surface area contributed by atoms with Crippen molar-refractivity contribution >= 4 is 11.7 Å². The van der Waals surface area contributed by atoms with Crippen LogP contribution < -0.4 is 5.32 Å². The molecule has 2 amide bonds. The molecule has 0 radical (unpaired) electrons. The van der Waals surface area contributed by atoms with Crippen LogP contribution in [0.5, 0.6) is 0 Å². The molecule has 0 aromatic heterocycles. The highest BCUT2D eigenvalue weighted by Gasteiger charge is 2.23. The topological polar surface area (TPSA) is 59.4 Å². The molecule has 5 nitrogen and oxygen atoms in total. The van der Waals surface area contributed by atoms with Crippen molar-refractivity contribution in [2.75, 3.05) is 32.5 Å². The van der Waals surface area contributed by atoms with Crippen LogP contribution in [0.2, 0.25) is 0 Å². The van der Waals surface area contributed by atoms with Gasteiger partial charge in [-0.05, 0) is 37.5 Å². The van der Waals surface area contributed by atoms with Crippen molar-refractivity contribution in [1.82, 2.24) is 9.80 Å². The van der Waals surface area contributed by atoms with E-state index in [-0.39, 0.29) is 6.03 Å². The summed E-state index contributed by atoms with van der Waals surface area (Å²) in [7, 11) is 3.56. The van der Waals surface area contributed by atoms with Gasteiger partial charge in [-0.3, -0.25) is 0 Å². The van der Waals surface area contributed by atoms with E-state index in [0.29, 0.717) is 11.6 Å². The Morgan fingerprint density at radius 1 is 1.38 bits per heavy atom. The van der Waals surface area contributed by atoms with E-state index in [0.717, 1.165) is 37.2 Å². The van der Waals surface area contributed by atoms with Gasteiger partial charge in [0.1, 0.15) is 0 Å². The molecule has 1 aliphatic rings. The predicted molar refractivity (Wildman–Crippen MR) is 83.2 cm³/mol. The summed E-state index contributed by atoms with van der Waals surface area (Å²) in [5, 5.41) is 12.5. The molecule has 5 heteroatoms. The number of aryl methyl sites for hydroxylation is 1. The SMILES string of the molecule is Cc1ccc(C#N)cc1NC1CCN(C(=O)N(C)C)CC1. The second kappa shape index (κ2) is 6.49. The molecule has 0 unspecified atom stereocenters. The number of nitrogens with zero attached hydrogens (tertiary/aromatic N) is 3. The zero-order valence-corrected chi connectivity index (χ0v) is 12.9. The fraction of sp³-hybridized carbons (Fsp3) is 0.500. The zero-order chi connectivity index (χ0) is 15.4. The third-order valence-corrected chi connectivity index (χ3v) is 3.87. The highest BCUT2D eigenvalue weighted by Crippen LogP contribution is 2.21. The van der Waals surface area contributed by atoms with Crippen molar-refractivity contribution in [3.05, 3.63) is 29.3 Å². The van der Waals surface area contributed by atoms with E-state index in [4.69, 9.17) is 5.26 Å². The van der Waals surface area contributed by atoms with Crippen molar-refractivity contribution < 1.29 is 4.79 Å². The Morgan fingerprint density at radius 3 is 2.62 bits per heavy atom.